The molecule has 0 bridgehead atoms. The highest BCUT2D eigenvalue weighted by atomic mass is 79.9. The molecule has 0 aliphatic heterocycles. The molecule has 2 aromatic rings. The van der Waals surface area contributed by atoms with E-state index in [1.54, 1.807) is 0 Å². The number of nitrogens with one attached hydrogen (secondary N) is 1. The highest BCUT2D eigenvalue weighted by molar-refractivity contribution is 9.10. The van der Waals surface area contributed by atoms with Crippen molar-refractivity contribution in [2.24, 2.45) is 0 Å². The maximum atomic E-state index is 6.25. The van der Waals surface area contributed by atoms with Gasteiger partial charge in [0.15, 0.2) is 0 Å². The standard InChI is InChI=1S/C16H19BrClN3/c1-3-19-16-9-8-14(18)15(20-16)11-21(2)10-12-6-4-5-7-13(12)17/h4-9H,3,10-11H2,1-2H3,(H,19,20). The van der Waals surface area contributed by atoms with Gasteiger partial charge in [-0.2, -0.15) is 0 Å². The summed E-state index contributed by atoms with van der Waals surface area (Å²) in [5.74, 6) is 0.867. The smallest absolute Gasteiger partial charge is 0.126 e. The van der Waals surface area contributed by atoms with Crippen LogP contribution in [0.3, 0.4) is 0 Å². The highest BCUT2D eigenvalue weighted by Gasteiger charge is 2.09. The molecule has 1 N–H and O–H groups in total. The third-order valence-corrected chi connectivity index (χ3v) is 4.21. The lowest BCUT2D eigenvalue weighted by molar-refractivity contribution is 0.315. The van der Waals surface area contributed by atoms with Crippen LogP contribution in [-0.2, 0) is 13.1 Å². The average molecular weight is 369 g/mol. The lowest BCUT2D eigenvalue weighted by Crippen LogP contribution is -2.19. The first-order valence-corrected chi connectivity index (χ1v) is 8.08. The first kappa shape index (κ1) is 16.3. The largest absolute Gasteiger partial charge is 0.370 e. The summed E-state index contributed by atoms with van der Waals surface area (Å²) < 4.78 is 1.12. The van der Waals surface area contributed by atoms with Crippen LogP contribution < -0.4 is 5.32 Å². The fourth-order valence-corrected chi connectivity index (χ4v) is 2.68. The molecule has 0 fully saturated rings. The predicted molar refractivity (Wildman–Crippen MR) is 92.7 cm³/mol. The van der Waals surface area contributed by atoms with Gasteiger partial charge >= 0.3 is 0 Å². The van der Waals surface area contributed by atoms with E-state index >= 15 is 0 Å². The van der Waals surface area contributed by atoms with Crippen molar-refractivity contribution in [1.82, 2.24) is 9.88 Å². The number of rotatable bonds is 6. The first-order chi connectivity index (χ1) is 10.1. The number of halogens is 2. The molecule has 3 nitrogen and oxygen atoms in total. The van der Waals surface area contributed by atoms with Gasteiger partial charge in [0.2, 0.25) is 0 Å². The maximum Gasteiger partial charge on any atom is 0.126 e. The zero-order chi connectivity index (χ0) is 15.2. The Morgan fingerprint density at radius 3 is 2.67 bits per heavy atom. The van der Waals surface area contributed by atoms with Crippen molar-refractivity contribution < 1.29 is 0 Å². The van der Waals surface area contributed by atoms with E-state index in [2.05, 4.69) is 57.2 Å². The molecule has 0 saturated heterocycles. The van der Waals surface area contributed by atoms with Gasteiger partial charge in [-0.3, -0.25) is 4.90 Å². The van der Waals surface area contributed by atoms with E-state index in [0.29, 0.717) is 11.6 Å². The third kappa shape index (κ3) is 4.70. The Morgan fingerprint density at radius 1 is 1.19 bits per heavy atom. The molecule has 5 heteroatoms. The molecular formula is C16H19BrClN3. The van der Waals surface area contributed by atoms with Gasteiger partial charge in [0.05, 0.1) is 10.7 Å². The van der Waals surface area contributed by atoms with Crippen molar-refractivity contribution >= 4 is 33.3 Å². The summed E-state index contributed by atoms with van der Waals surface area (Å²) in [5, 5.41) is 3.92. The minimum absolute atomic E-state index is 0.704. The zero-order valence-corrected chi connectivity index (χ0v) is 14.6. The molecule has 21 heavy (non-hydrogen) atoms. The van der Waals surface area contributed by atoms with Crippen LogP contribution in [0.1, 0.15) is 18.2 Å². The van der Waals surface area contributed by atoms with Gasteiger partial charge in [-0.15, -0.1) is 0 Å². The monoisotopic (exact) mass is 367 g/mol. The highest BCUT2D eigenvalue weighted by Crippen LogP contribution is 2.21. The summed E-state index contributed by atoms with van der Waals surface area (Å²) in [6, 6.07) is 12.0. The lowest BCUT2D eigenvalue weighted by Gasteiger charge is -2.18. The van der Waals surface area contributed by atoms with Gasteiger partial charge in [0, 0.05) is 24.1 Å². The molecule has 0 saturated carbocycles. The minimum Gasteiger partial charge on any atom is -0.370 e. The molecule has 1 heterocycles. The van der Waals surface area contributed by atoms with E-state index in [9.17, 15) is 0 Å². The second-order valence-electron chi connectivity index (χ2n) is 4.92. The van der Waals surface area contributed by atoms with Gasteiger partial charge in [0.25, 0.3) is 0 Å². The third-order valence-electron chi connectivity index (χ3n) is 3.09. The van der Waals surface area contributed by atoms with E-state index in [1.807, 2.05) is 24.3 Å². The van der Waals surface area contributed by atoms with E-state index in [-0.39, 0.29) is 0 Å². The van der Waals surface area contributed by atoms with Crippen LogP contribution in [0.2, 0.25) is 5.02 Å². The van der Waals surface area contributed by atoms with Crippen molar-refractivity contribution in [3.05, 3.63) is 57.2 Å². The second-order valence-corrected chi connectivity index (χ2v) is 6.18. The van der Waals surface area contributed by atoms with Gasteiger partial charge in [0.1, 0.15) is 5.82 Å². The number of nitrogens with zero attached hydrogens (tertiary/aromatic N) is 2. The number of pyridine rings is 1. The van der Waals surface area contributed by atoms with E-state index in [4.69, 9.17) is 11.6 Å². The molecule has 2 rings (SSSR count). The second kappa shape index (κ2) is 7.78. The molecule has 112 valence electrons. The Balaban J connectivity index is 2.07. The number of hydrogen-bond donors (Lipinski definition) is 1. The Kier molecular flexibility index (Phi) is 6.03. The molecular weight excluding hydrogens is 350 g/mol. The molecule has 0 spiro atoms. The van der Waals surface area contributed by atoms with Crippen molar-refractivity contribution in [1.29, 1.82) is 0 Å². The van der Waals surface area contributed by atoms with Gasteiger partial charge in [-0.25, -0.2) is 4.98 Å². The summed E-state index contributed by atoms with van der Waals surface area (Å²) >= 11 is 9.83. The fraction of sp³-hybridized carbons (Fsp3) is 0.312. The summed E-state index contributed by atoms with van der Waals surface area (Å²) in [7, 11) is 2.07. The van der Waals surface area contributed by atoms with Crippen LogP contribution in [0.4, 0.5) is 5.82 Å². The Labute approximate surface area is 139 Å². The van der Waals surface area contributed by atoms with Crippen molar-refractivity contribution in [2.75, 3.05) is 18.9 Å². The van der Waals surface area contributed by atoms with Crippen LogP contribution >= 0.6 is 27.5 Å². The van der Waals surface area contributed by atoms with Gasteiger partial charge in [-0.1, -0.05) is 45.7 Å². The molecule has 1 aromatic carbocycles. The first-order valence-electron chi connectivity index (χ1n) is 6.91. The van der Waals surface area contributed by atoms with Crippen molar-refractivity contribution in [3.8, 4) is 0 Å². The van der Waals surface area contributed by atoms with Crippen LogP contribution in [-0.4, -0.2) is 23.5 Å². The van der Waals surface area contributed by atoms with Crippen LogP contribution in [0.15, 0.2) is 40.9 Å². The van der Waals surface area contributed by atoms with E-state index in [0.717, 1.165) is 29.1 Å². The molecule has 0 radical (unpaired) electrons. The number of aromatic nitrogens is 1. The Morgan fingerprint density at radius 2 is 1.95 bits per heavy atom. The summed E-state index contributed by atoms with van der Waals surface area (Å²) in [5.41, 5.74) is 2.14. The average Bonchev–Trinajstić information content (AvgIpc) is 2.45. The van der Waals surface area contributed by atoms with Crippen LogP contribution in [0, 0.1) is 0 Å². The molecule has 0 amide bonds. The van der Waals surface area contributed by atoms with Crippen LogP contribution in [0.5, 0.6) is 0 Å². The summed E-state index contributed by atoms with van der Waals surface area (Å²) in [4.78, 5) is 6.77. The zero-order valence-electron chi connectivity index (χ0n) is 12.2. The minimum atomic E-state index is 0.704. The maximum absolute atomic E-state index is 6.25. The van der Waals surface area contributed by atoms with Crippen molar-refractivity contribution in [3.63, 3.8) is 0 Å². The Hall–Kier alpha value is -1.10. The number of anilines is 1. The van der Waals surface area contributed by atoms with Gasteiger partial charge in [-0.05, 0) is 37.7 Å². The Bertz CT molecular complexity index is 604. The predicted octanol–water partition coefficient (Wildman–Crippen LogP) is 4.56. The summed E-state index contributed by atoms with van der Waals surface area (Å²) in [6.07, 6.45) is 0. The fourth-order valence-electron chi connectivity index (χ4n) is 2.10. The topological polar surface area (TPSA) is 28.2 Å². The molecule has 0 atom stereocenters. The molecule has 0 unspecified atom stereocenters. The van der Waals surface area contributed by atoms with Crippen molar-refractivity contribution in [2.45, 2.75) is 20.0 Å². The molecule has 0 aliphatic rings. The lowest BCUT2D eigenvalue weighted by atomic mass is 10.2. The van der Waals surface area contributed by atoms with E-state index < -0.39 is 0 Å². The van der Waals surface area contributed by atoms with E-state index in [1.165, 1.54) is 5.56 Å². The number of hydrogen-bond acceptors (Lipinski definition) is 3. The SMILES string of the molecule is CCNc1ccc(Cl)c(CN(C)Cc2ccccc2Br)n1. The summed E-state index contributed by atoms with van der Waals surface area (Å²) in [6.45, 7) is 4.44. The number of benzene rings is 1. The molecule has 1 aromatic heterocycles. The normalized spacial score (nSPS) is 10.9. The molecule has 0 aliphatic carbocycles. The van der Waals surface area contributed by atoms with Crippen LogP contribution in [0.25, 0.3) is 0 Å². The van der Waals surface area contributed by atoms with Gasteiger partial charge < -0.3 is 5.32 Å². The quantitative estimate of drug-likeness (QED) is 0.810.